The molecule has 0 spiro atoms. The van der Waals surface area contributed by atoms with Crippen molar-refractivity contribution in [3.05, 3.63) is 71.8 Å². The maximum Gasteiger partial charge on any atom is 0.437 e. The van der Waals surface area contributed by atoms with Crippen molar-refractivity contribution >= 4 is 42.0 Å². The molecule has 1 aliphatic rings. The number of nitrogens with one attached hydrogen (secondary N) is 1. The molecule has 0 unspecified atom stereocenters. The molecule has 2 aromatic rings. The summed E-state index contributed by atoms with van der Waals surface area (Å²) in [6, 6.07) is 16.0. The molecular formula is C27H29N5O10. The number of rotatable bonds is 11. The van der Waals surface area contributed by atoms with E-state index < -0.39 is 48.1 Å². The van der Waals surface area contributed by atoms with Crippen LogP contribution in [0.4, 0.5) is 14.4 Å². The lowest BCUT2D eigenvalue weighted by molar-refractivity contribution is -0.199. The first-order valence-electron chi connectivity index (χ1n) is 12.7. The molecule has 3 rings (SSSR count). The molecule has 4 N–H and O–H groups in total. The van der Waals surface area contributed by atoms with Gasteiger partial charge in [0, 0.05) is 19.4 Å². The lowest BCUT2D eigenvalue weighted by atomic mass is 10.1. The highest BCUT2D eigenvalue weighted by atomic mass is 16.7. The fourth-order valence-corrected chi connectivity index (χ4v) is 3.63. The first-order valence-corrected chi connectivity index (χ1v) is 12.7. The van der Waals surface area contributed by atoms with Crippen LogP contribution in [0, 0.1) is 0 Å². The molecule has 1 heterocycles. The Labute approximate surface area is 239 Å². The second kappa shape index (κ2) is 15.4. The molecule has 222 valence electrons. The summed E-state index contributed by atoms with van der Waals surface area (Å²) < 4.78 is 10.1. The van der Waals surface area contributed by atoms with E-state index >= 15 is 0 Å². The number of nitrogens with two attached hydrogens (primary N) is 1. The van der Waals surface area contributed by atoms with Gasteiger partial charge in [0.15, 0.2) is 0 Å². The molecule has 42 heavy (non-hydrogen) atoms. The van der Waals surface area contributed by atoms with Crippen molar-refractivity contribution in [1.82, 2.24) is 15.3 Å². The number of hydrogen-bond acceptors (Lipinski definition) is 9. The molecule has 1 saturated heterocycles. The molecule has 2 aromatic carbocycles. The number of nitrogens with zero attached hydrogens (tertiary/aromatic N) is 3. The van der Waals surface area contributed by atoms with Gasteiger partial charge in [0.05, 0.1) is 0 Å². The monoisotopic (exact) mass is 583 g/mol. The van der Waals surface area contributed by atoms with E-state index in [4.69, 9.17) is 20.0 Å². The third-order valence-corrected chi connectivity index (χ3v) is 5.77. The zero-order valence-corrected chi connectivity index (χ0v) is 22.3. The Kier molecular flexibility index (Phi) is 11.4. The Balaban J connectivity index is 1.60. The summed E-state index contributed by atoms with van der Waals surface area (Å²) in [6.07, 6.45) is -4.28. The predicted molar refractivity (Wildman–Crippen MR) is 143 cm³/mol. The van der Waals surface area contributed by atoms with E-state index in [2.05, 4.69) is 10.3 Å². The summed E-state index contributed by atoms with van der Waals surface area (Å²) in [4.78, 5) is 81.7. The molecule has 15 heteroatoms. The van der Waals surface area contributed by atoms with Gasteiger partial charge in [0.25, 0.3) is 11.8 Å². The molecule has 0 aromatic heterocycles. The number of ether oxygens (including phenoxy) is 2. The first-order chi connectivity index (χ1) is 20.1. The molecule has 0 aliphatic carbocycles. The van der Waals surface area contributed by atoms with E-state index in [1.165, 1.54) is 0 Å². The Morgan fingerprint density at radius 1 is 0.929 bits per heavy atom. The minimum Gasteiger partial charge on any atom is -0.465 e. The Hall–Kier alpha value is -5.47. The second-order valence-corrected chi connectivity index (χ2v) is 8.84. The number of imide groups is 1. The fourth-order valence-electron chi connectivity index (χ4n) is 3.63. The van der Waals surface area contributed by atoms with Crippen molar-refractivity contribution in [2.45, 2.75) is 44.9 Å². The molecule has 1 atom stereocenters. The molecule has 15 nitrogen and oxygen atoms in total. The lowest BCUT2D eigenvalue weighted by Crippen LogP contribution is -2.46. The summed E-state index contributed by atoms with van der Waals surface area (Å²) in [5.41, 5.74) is 7.07. The topological polar surface area (TPSA) is 207 Å². The largest absolute Gasteiger partial charge is 0.465 e. The number of alkyl carbamates (subject to hydrolysis) is 1. The molecule has 1 fully saturated rings. The van der Waals surface area contributed by atoms with E-state index in [0.29, 0.717) is 21.1 Å². The Morgan fingerprint density at radius 3 is 2.02 bits per heavy atom. The van der Waals surface area contributed by atoms with Crippen LogP contribution in [0.5, 0.6) is 0 Å². The highest BCUT2D eigenvalue weighted by Crippen LogP contribution is 2.14. The number of benzene rings is 2. The van der Waals surface area contributed by atoms with Gasteiger partial charge in [-0.2, -0.15) is 0 Å². The van der Waals surface area contributed by atoms with E-state index in [1.54, 1.807) is 60.7 Å². The Morgan fingerprint density at radius 2 is 1.48 bits per heavy atom. The number of carbonyl (C=O) groups is 6. The van der Waals surface area contributed by atoms with Crippen LogP contribution < -0.4 is 11.1 Å². The minimum atomic E-state index is -1.55. The average Bonchev–Trinajstić information content (AvgIpc) is 3.29. The summed E-state index contributed by atoms with van der Waals surface area (Å²) in [6.45, 7) is -0.582. The second-order valence-electron chi connectivity index (χ2n) is 8.84. The van der Waals surface area contributed by atoms with Gasteiger partial charge in [-0.3, -0.25) is 9.59 Å². The maximum absolute atomic E-state index is 12.8. The van der Waals surface area contributed by atoms with Crippen molar-refractivity contribution in [1.29, 1.82) is 0 Å². The van der Waals surface area contributed by atoms with Gasteiger partial charge < -0.3 is 30.5 Å². The van der Waals surface area contributed by atoms with Gasteiger partial charge in [0.2, 0.25) is 5.96 Å². The molecule has 5 amide bonds. The van der Waals surface area contributed by atoms with Crippen molar-refractivity contribution in [2.24, 2.45) is 10.7 Å². The molecule has 0 bridgehead atoms. The molecular weight excluding hydrogens is 554 g/mol. The zero-order chi connectivity index (χ0) is 30.5. The fraction of sp³-hybridized carbons (Fsp3) is 0.296. The number of amides is 5. The zero-order valence-electron chi connectivity index (χ0n) is 22.3. The average molecular weight is 584 g/mol. The quantitative estimate of drug-likeness (QED) is 0.199. The number of aliphatic imine (C=N–C) groups is 1. The number of carboxylic acid groups (broad SMARTS) is 1. The van der Waals surface area contributed by atoms with E-state index in [-0.39, 0.29) is 45.4 Å². The van der Waals surface area contributed by atoms with Gasteiger partial charge in [-0.25, -0.2) is 24.1 Å². The third-order valence-electron chi connectivity index (χ3n) is 5.77. The van der Waals surface area contributed by atoms with Gasteiger partial charge in [-0.1, -0.05) is 60.7 Å². The SMILES string of the molecule is N/C(=N\C(=O)OCc1ccccc1)N(CCC[C@H](NC(=O)OCc1ccccc1)C(=O)ON1C(=O)CCC1=O)C(=O)O. The predicted octanol–water partition coefficient (Wildman–Crippen LogP) is 2.30. The highest BCUT2D eigenvalue weighted by molar-refractivity contribution is 6.02. The first kappa shape index (κ1) is 31.1. The number of carbonyl (C=O) groups excluding carboxylic acids is 5. The van der Waals surface area contributed by atoms with Crippen molar-refractivity contribution in [3.63, 3.8) is 0 Å². The van der Waals surface area contributed by atoms with Crippen LogP contribution in [0.15, 0.2) is 65.7 Å². The standard InChI is InChI=1S/C27H29N5O10/c28-24(30-26(37)41-17-19-10-5-2-6-11-19)31(27(38)39)15-7-12-20(23(35)42-32-21(33)13-14-22(32)34)29-25(36)40-16-18-8-3-1-4-9-18/h1-6,8-11,20H,7,12-17H2,(H,29,36)(H,38,39)(H2,28,30,37)/t20-/m0/s1. The smallest absolute Gasteiger partial charge is 0.437 e. The van der Waals surface area contributed by atoms with E-state index in [9.17, 15) is 33.9 Å². The van der Waals surface area contributed by atoms with Crippen LogP contribution >= 0.6 is 0 Å². The number of hydrogen-bond donors (Lipinski definition) is 3. The van der Waals surface area contributed by atoms with E-state index in [1.807, 2.05) is 0 Å². The Bertz CT molecular complexity index is 1300. The number of guanidine groups is 1. The van der Waals surface area contributed by atoms with Crippen molar-refractivity contribution in [2.75, 3.05) is 6.54 Å². The van der Waals surface area contributed by atoms with E-state index in [0.717, 1.165) is 0 Å². The van der Waals surface area contributed by atoms with Crippen LogP contribution in [0.25, 0.3) is 0 Å². The lowest BCUT2D eigenvalue weighted by Gasteiger charge is -2.22. The summed E-state index contributed by atoms with van der Waals surface area (Å²) in [5, 5.41) is 12.2. The molecule has 0 radical (unpaired) electrons. The van der Waals surface area contributed by atoms with Gasteiger partial charge in [-0.05, 0) is 24.0 Å². The van der Waals surface area contributed by atoms with Crippen LogP contribution in [0.2, 0.25) is 0 Å². The minimum absolute atomic E-state index is 0.109. The van der Waals surface area contributed by atoms with Gasteiger partial charge in [-0.15, -0.1) is 10.1 Å². The summed E-state index contributed by atoms with van der Waals surface area (Å²) in [5.74, 6) is -3.27. The maximum atomic E-state index is 12.8. The van der Waals surface area contributed by atoms with Crippen LogP contribution in [0.3, 0.4) is 0 Å². The van der Waals surface area contributed by atoms with Gasteiger partial charge in [0.1, 0.15) is 19.3 Å². The van der Waals surface area contributed by atoms with Crippen LogP contribution in [-0.4, -0.2) is 69.7 Å². The molecule has 0 saturated carbocycles. The van der Waals surface area contributed by atoms with Crippen LogP contribution in [-0.2, 0) is 41.9 Å². The van der Waals surface area contributed by atoms with Crippen molar-refractivity contribution in [3.8, 4) is 0 Å². The summed E-state index contributed by atoms with van der Waals surface area (Å²) in [7, 11) is 0. The van der Waals surface area contributed by atoms with Crippen LogP contribution in [0.1, 0.15) is 36.8 Å². The highest BCUT2D eigenvalue weighted by Gasteiger charge is 2.35. The normalized spacial score (nSPS) is 13.7. The van der Waals surface area contributed by atoms with Crippen molar-refractivity contribution < 1.29 is 48.2 Å². The number of hydroxylamine groups is 2. The van der Waals surface area contributed by atoms with Gasteiger partial charge >= 0.3 is 24.2 Å². The summed E-state index contributed by atoms with van der Waals surface area (Å²) >= 11 is 0. The third kappa shape index (κ3) is 9.62. The molecule has 1 aliphatic heterocycles.